The highest BCUT2D eigenvalue weighted by atomic mass is 32.2. The number of rotatable bonds is 4. The Hall–Kier alpha value is -0.660. The smallest absolute Gasteiger partial charge is 0.322 e. The normalized spacial score (nSPS) is 28.9. The number of esters is 1. The molecule has 6 nitrogen and oxygen atoms in total. The van der Waals surface area contributed by atoms with Crippen LogP contribution in [0.25, 0.3) is 0 Å². The lowest BCUT2D eigenvalue weighted by molar-refractivity contribution is -0.140. The molecule has 7 heteroatoms. The van der Waals surface area contributed by atoms with Gasteiger partial charge in [0, 0.05) is 25.2 Å². The van der Waals surface area contributed by atoms with Gasteiger partial charge in [0.15, 0.2) is 5.75 Å². The number of carbonyl (C=O) groups excluding carboxylic acids is 1. The fourth-order valence-corrected chi connectivity index (χ4v) is 3.96. The van der Waals surface area contributed by atoms with Crippen LogP contribution in [0.5, 0.6) is 0 Å². The number of carbonyl (C=O) groups is 1. The molecule has 104 valence electrons. The van der Waals surface area contributed by atoms with Crippen molar-refractivity contribution in [2.24, 2.45) is 0 Å². The first-order chi connectivity index (χ1) is 8.51. The highest BCUT2D eigenvalue weighted by molar-refractivity contribution is 7.89. The highest BCUT2D eigenvalue weighted by Gasteiger charge is 2.35. The molecule has 2 heterocycles. The van der Waals surface area contributed by atoms with Gasteiger partial charge >= 0.3 is 5.97 Å². The summed E-state index contributed by atoms with van der Waals surface area (Å²) in [6, 6.07) is 0.660. The van der Waals surface area contributed by atoms with Crippen molar-refractivity contribution < 1.29 is 17.9 Å². The zero-order chi connectivity index (χ0) is 13.2. The van der Waals surface area contributed by atoms with E-state index in [0.717, 1.165) is 19.3 Å². The van der Waals surface area contributed by atoms with Crippen LogP contribution in [0.1, 0.15) is 26.2 Å². The molecule has 0 aromatic rings. The van der Waals surface area contributed by atoms with Crippen LogP contribution in [0.4, 0.5) is 0 Å². The number of hydrogen-bond donors (Lipinski definition) is 1. The summed E-state index contributed by atoms with van der Waals surface area (Å²) in [5.41, 5.74) is 0. The van der Waals surface area contributed by atoms with Crippen molar-refractivity contribution in [2.75, 3.05) is 25.4 Å². The standard InChI is InChI=1S/C11H20N2O4S/c1-2-17-11(14)8-18(15,16)13-6-5-9-3-4-10(7-13)12-9/h9-10,12H,2-8H2,1H3. The quantitative estimate of drug-likeness (QED) is 0.714. The first-order valence-corrected chi connectivity index (χ1v) is 8.01. The molecule has 0 amide bonds. The topological polar surface area (TPSA) is 75.7 Å². The van der Waals surface area contributed by atoms with E-state index in [1.165, 1.54) is 4.31 Å². The maximum atomic E-state index is 12.1. The average Bonchev–Trinajstić information content (AvgIpc) is 2.56. The molecule has 0 radical (unpaired) electrons. The van der Waals surface area contributed by atoms with Crippen LogP contribution < -0.4 is 5.32 Å². The van der Waals surface area contributed by atoms with Crippen LogP contribution in [-0.4, -0.2) is 56.2 Å². The van der Waals surface area contributed by atoms with Crippen molar-refractivity contribution in [3.8, 4) is 0 Å². The van der Waals surface area contributed by atoms with Crippen LogP contribution in [0.3, 0.4) is 0 Å². The van der Waals surface area contributed by atoms with Crippen molar-refractivity contribution in [3.05, 3.63) is 0 Å². The molecular formula is C11H20N2O4S. The summed E-state index contributed by atoms with van der Waals surface area (Å²) >= 11 is 0. The number of hydrogen-bond acceptors (Lipinski definition) is 5. The first-order valence-electron chi connectivity index (χ1n) is 6.40. The predicted octanol–water partition coefficient (Wildman–Crippen LogP) is -0.294. The van der Waals surface area contributed by atoms with E-state index in [9.17, 15) is 13.2 Å². The molecule has 2 bridgehead atoms. The van der Waals surface area contributed by atoms with Crippen LogP contribution in [0.15, 0.2) is 0 Å². The minimum Gasteiger partial charge on any atom is -0.465 e. The largest absolute Gasteiger partial charge is 0.465 e. The van der Waals surface area contributed by atoms with Gasteiger partial charge in [0.2, 0.25) is 10.0 Å². The van der Waals surface area contributed by atoms with Gasteiger partial charge < -0.3 is 10.1 Å². The third-order valence-electron chi connectivity index (χ3n) is 3.48. The summed E-state index contributed by atoms with van der Waals surface area (Å²) in [6.07, 6.45) is 2.95. The molecule has 2 rings (SSSR count). The lowest BCUT2D eigenvalue weighted by Gasteiger charge is -2.23. The molecule has 0 aliphatic carbocycles. The van der Waals surface area contributed by atoms with E-state index < -0.39 is 21.7 Å². The van der Waals surface area contributed by atoms with E-state index in [4.69, 9.17) is 4.74 Å². The third kappa shape index (κ3) is 3.21. The summed E-state index contributed by atoms with van der Waals surface area (Å²) in [6.45, 7) is 2.84. The van der Waals surface area contributed by atoms with E-state index >= 15 is 0 Å². The van der Waals surface area contributed by atoms with Crippen LogP contribution >= 0.6 is 0 Å². The van der Waals surface area contributed by atoms with E-state index in [1.807, 2.05) is 0 Å². The van der Waals surface area contributed by atoms with Gasteiger partial charge in [-0.2, -0.15) is 4.31 Å². The van der Waals surface area contributed by atoms with Crippen molar-refractivity contribution in [1.29, 1.82) is 0 Å². The van der Waals surface area contributed by atoms with Gasteiger partial charge in [-0.05, 0) is 26.2 Å². The Morgan fingerprint density at radius 2 is 2.06 bits per heavy atom. The second-order valence-corrected chi connectivity index (χ2v) is 6.81. The summed E-state index contributed by atoms with van der Waals surface area (Å²) < 4.78 is 30.3. The molecule has 2 aliphatic rings. The van der Waals surface area contributed by atoms with Gasteiger partial charge in [0.05, 0.1) is 6.61 Å². The van der Waals surface area contributed by atoms with E-state index in [0.29, 0.717) is 19.1 Å². The van der Waals surface area contributed by atoms with Crippen molar-refractivity contribution in [3.63, 3.8) is 0 Å². The Morgan fingerprint density at radius 1 is 1.33 bits per heavy atom. The summed E-state index contributed by atoms with van der Waals surface area (Å²) in [5.74, 6) is -1.21. The van der Waals surface area contributed by atoms with Crippen molar-refractivity contribution >= 4 is 16.0 Å². The molecule has 0 aromatic carbocycles. The number of nitrogens with zero attached hydrogens (tertiary/aromatic N) is 1. The molecular weight excluding hydrogens is 256 g/mol. The number of nitrogens with one attached hydrogen (secondary N) is 1. The van der Waals surface area contributed by atoms with Crippen LogP contribution in [0, 0.1) is 0 Å². The summed E-state index contributed by atoms with van der Waals surface area (Å²) in [7, 11) is -3.53. The van der Waals surface area contributed by atoms with Gasteiger partial charge in [-0.3, -0.25) is 4.79 Å². The molecule has 2 fully saturated rings. The molecule has 2 saturated heterocycles. The van der Waals surface area contributed by atoms with Gasteiger partial charge in [-0.1, -0.05) is 0 Å². The van der Waals surface area contributed by atoms with Gasteiger partial charge in [0.1, 0.15) is 0 Å². The molecule has 2 aliphatic heterocycles. The van der Waals surface area contributed by atoms with Gasteiger partial charge in [-0.15, -0.1) is 0 Å². The minimum absolute atomic E-state index is 0.209. The summed E-state index contributed by atoms with van der Waals surface area (Å²) in [5, 5.41) is 3.41. The Morgan fingerprint density at radius 3 is 2.78 bits per heavy atom. The first kappa shape index (κ1) is 13.8. The lowest BCUT2D eigenvalue weighted by atomic mass is 10.1. The zero-order valence-corrected chi connectivity index (χ0v) is 11.4. The van der Waals surface area contributed by atoms with Gasteiger partial charge in [-0.25, -0.2) is 8.42 Å². The van der Waals surface area contributed by atoms with Crippen molar-refractivity contribution in [2.45, 2.75) is 38.3 Å². The number of fused-ring (bicyclic) bond motifs is 2. The summed E-state index contributed by atoms with van der Waals surface area (Å²) in [4.78, 5) is 11.3. The van der Waals surface area contributed by atoms with E-state index in [-0.39, 0.29) is 12.6 Å². The maximum absolute atomic E-state index is 12.1. The van der Waals surface area contributed by atoms with Crippen LogP contribution in [0.2, 0.25) is 0 Å². The molecule has 0 saturated carbocycles. The molecule has 0 aromatic heterocycles. The zero-order valence-electron chi connectivity index (χ0n) is 10.6. The Bertz CT molecular complexity index is 409. The molecule has 18 heavy (non-hydrogen) atoms. The average molecular weight is 276 g/mol. The minimum atomic E-state index is -3.53. The predicted molar refractivity (Wildman–Crippen MR) is 66.6 cm³/mol. The molecule has 1 N–H and O–H groups in total. The molecule has 2 atom stereocenters. The molecule has 0 spiro atoms. The lowest BCUT2D eigenvalue weighted by Crippen LogP contribution is -2.41. The van der Waals surface area contributed by atoms with E-state index in [2.05, 4.69) is 5.32 Å². The highest BCUT2D eigenvalue weighted by Crippen LogP contribution is 2.22. The van der Waals surface area contributed by atoms with Crippen LogP contribution in [-0.2, 0) is 19.6 Å². The third-order valence-corrected chi connectivity index (χ3v) is 5.20. The molecule has 2 unspecified atom stereocenters. The second kappa shape index (κ2) is 5.54. The fraction of sp³-hybridized carbons (Fsp3) is 0.909. The Labute approximate surface area is 108 Å². The Kier molecular flexibility index (Phi) is 4.24. The van der Waals surface area contributed by atoms with Gasteiger partial charge in [0.25, 0.3) is 0 Å². The number of sulfonamides is 1. The fourth-order valence-electron chi connectivity index (χ4n) is 2.61. The second-order valence-electron chi connectivity index (χ2n) is 4.85. The Balaban J connectivity index is 1.99. The van der Waals surface area contributed by atoms with Crippen molar-refractivity contribution in [1.82, 2.24) is 9.62 Å². The monoisotopic (exact) mass is 276 g/mol. The maximum Gasteiger partial charge on any atom is 0.322 e. The number of ether oxygens (including phenoxy) is 1. The SMILES string of the molecule is CCOC(=O)CS(=O)(=O)N1CCC2CCC(C1)N2. The van der Waals surface area contributed by atoms with E-state index in [1.54, 1.807) is 6.92 Å².